The van der Waals surface area contributed by atoms with E-state index in [1.807, 2.05) is 60.7 Å². The van der Waals surface area contributed by atoms with Crippen molar-refractivity contribution in [1.82, 2.24) is 20.1 Å². The first kappa shape index (κ1) is 20.1. The number of aromatic nitrogens is 3. The predicted octanol–water partition coefficient (Wildman–Crippen LogP) is 2.37. The maximum atomic E-state index is 12.9. The highest BCUT2D eigenvalue weighted by Gasteiger charge is 2.23. The number of ether oxygens (including phenoxy) is 1. The van der Waals surface area contributed by atoms with E-state index in [1.165, 1.54) is 24.1 Å². The molecule has 0 bridgehead atoms. The lowest BCUT2D eigenvalue weighted by molar-refractivity contribution is -0.122. The zero-order valence-electron chi connectivity index (χ0n) is 16.7. The van der Waals surface area contributed by atoms with Crippen molar-refractivity contribution >= 4 is 11.9 Å². The third-order valence-corrected chi connectivity index (χ3v) is 4.92. The van der Waals surface area contributed by atoms with Crippen molar-refractivity contribution in [2.75, 3.05) is 7.11 Å². The Bertz CT molecular complexity index is 1190. The monoisotopic (exact) mass is 416 g/mol. The van der Waals surface area contributed by atoms with Gasteiger partial charge in [0.2, 0.25) is 5.91 Å². The summed E-state index contributed by atoms with van der Waals surface area (Å²) in [6.07, 6.45) is 2.95. The first-order valence-electron chi connectivity index (χ1n) is 9.62. The number of methoxy groups -OCH3 is 1. The highest BCUT2D eigenvalue weighted by molar-refractivity contribution is 5.96. The van der Waals surface area contributed by atoms with Gasteiger partial charge in [-0.15, -0.1) is 0 Å². The van der Waals surface area contributed by atoms with Crippen molar-refractivity contribution in [2.24, 2.45) is 0 Å². The van der Waals surface area contributed by atoms with Crippen LogP contribution in [0.25, 0.3) is 11.3 Å². The van der Waals surface area contributed by atoms with Crippen LogP contribution < -0.4 is 10.9 Å². The number of pyridine rings is 1. The van der Waals surface area contributed by atoms with E-state index in [9.17, 15) is 14.4 Å². The molecule has 0 aliphatic carbocycles. The first-order chi connectivity index (χ1) is 15.1. The number of rotatable bonds is 6. The third-order valence-electron chi connectivity index (χ3n) is 4.92. The summed E-state index contributed by atoms with van der Waals surface area (Å²) in [5, 5.41) is 9.25. The van der Waals surface area contributed by atoms with Crippen molar-refractivity contribution in [3.8, 4) is 11.3 Å². The molecule has 2 aromatic rings. The van der Waals surface area contributed by atoms with E-state index in [-0.39, 0.29) is 35.3 Å². The normalized spacial score (nSPS) is 10.9. The van der Waals surface area contributed by atoms with E-state index < -0.39 is 11.5 Å². The molecule has 0 fully saturated rings. The Morgan fingerprint density at radius 1 is 1.03 bits per heavy atom. The second-order valence-corrected chi connectivity index (χ2v) is 6.97. The zero-order chi connectivity index (χ0) is 21.8. The largest absolute Gasteiger partial charge is 0.465 e. The highest BCUT2D eigenvalue weighted by Crippen LogP contribution is 2.23. The van der Waals surface area contributed by atoms with Crippen LogP contribution in [-0.4, -0.2) is 33.8 Å². The van der Waals surface area contributed by atoms with Gasteiger partial charge in [-0.1, -0.05) is 60.7 Å². The Balaban J connectivity index is 1.63. The minimum absolute atomic E-state index is 0.0965. The third kappa shape index (κ3) is 4.23. The summed E-state index contributed by atoms with van der Waals surface area (Å²) >= 11 is 0. The SMILES string of the molecule is COC(=O)c1cn(CC(=O)NC(c2ccccc2)c2ccccc2)cc2c(=O)[nH]nc1-2. The molecule has 0 saturated heterocycles. The smallest absolute Gasteiger partial charge is 0.341 e. The fourth-order valence-electron chi connectivity index (χ4n) is 3.46. The van der Waals surface area contributed by atoms with E-state index >= 15 is 0 Å². The van der Waals surface area contributed by atoms with E-state index in [4.69, 9.17) is 4.74 Å². The molecule has 0 aromatic heterocycles. The molecule has 31 heavy (non-hydrogen) atoms. The van der Waals surface area contributed by atoms with Gasteiger partial charge < -0.3 is 14.6 Å². The minimum atomic E-state index is -0.641. The number of esters is 1. The molecule has 8 heteroatoms. The summed E-state index contributed by atoms with van der Waals surface area (Å²) in [6, 6.07) is 18.9. The maximum absolute atomic E-state index is 12.9. The van der Waals surface area contributed by atoms with Gasteiger partial charge >= 0.3 is 5.97 Å². The fourth-order valence-corrected chi connectivity index (χ4v) is 3.46. The van der Waals surface area contributed by atoms with E-state index in [0.29, 0.717) is 0 Å². The number of benzene rings is 2. The van der Waals surface area contributed by atoms with Gasteiger partial charge in [-0.3, -0.25) is 9.59 Å². The molecule has 0 spiro atoms. The Labute approximate surface area is 177 Å². The molecular weight excluding hydrogens is 396 g/mol. The van der Waals surface area contributed by atoms with Crippen LogP contribution in [0.15, 0.2) is 77.9 Å². The van der Waals surface area contributed by atoms with Crippen molar-refractivity contribution < 1.29 is 14.3 Å². The maximum Gasteiger partial charge on any atom is 0.341 e. The van der Waals surface area contributed by atoms with Crippen LogP contribution in [0.3, 0.4) is 0 Å². The van der Waals surface area contributed by atoms with Crippen LogP contribution >= 0.6 is 0 Å². The van der Waals surface area contributed by atoms with E-state index in [1.54, 1.807) is 0 Å². The minimum Gasteiger partial charge on any atom is -0.465 e. The quantitative estimate of drug-likeness (QED) is 0.470. The lowest BCUT2D eigenvalue weighted by atomic mass is 9.99. The molecule has 2 N–H and O–H groups in total. The van der Waals surface area contributed by atoms with Crippen LogP contribution in [0.5, 0.6) is 0 Å². The molecule has 4 rings (SSSR count). The predicted molar refractivity (Wildman–Crippen MR) is 114 cm³/mol. The van der Waals surface area contributed by atoms with Crippen LogP contribution in [0.2, 0.25) is 0 Å². The lowest BCUT2D eigenvalue weighted by Gasteiger charge is -2.20. The van der Waals surface area contributed by atoms with Gasteiger partial charge in [0.05, 0.1) is 18.7 Å². The summed E-state index contributed by atoms with van der Waals surface area (Å²) in [6.45, 7) is -0.0965. The number of nitrogens with zero attached hydrogens (tertiary/aromatic N) is 2. The zero-order valence-corrected chi connectivity index (χ0v) is 16.7. The number of nitrogens with one attached hydrogen (secondary N) is 2. The molecule has 2 aliphatic heterocycles. The van der Waals surface area contributed by atoms with Gasteiger partial charge in [0.1, 0.15) is 17.8 Å². The molecule has 2 aromatic carbocycles. The number of fused-ring (bicyclic) bond motifs is 1. The molecular formula is C23H20N4O4. The Morgan fingerprint density at radius 3 is 2.23 bits per heavy atom. The van der Waals surface area contributed by atoms with Crippen LogP contribution in [0, 0.1) is 0 Å². The van der Waals surface area contributed by atoms with Gasteiger partial charge in [-0.2, -0.15) is 5.10 Å². The molecule has 2 aliphatic rings. The van der Waals surface area contributed by atoms with Crippen LogP contribution in [-0.2, 0) is 16.1 Å². The van der Waals surface area contributed by atoms with E-state index in [2.05, 4.69) is 15.5 Å². The van der Waals surface area contributed by atoms with Crippen LogP contribution in [0.4, 0.5) is 0 Å². The van der Waals surface area contributed by atoms with Crippen molar-refractivity contribution in [2.45, 2.75) is 12.6 Å². The van der Waals surface area contributed by atoms with Gasteiger partial charge in [-0.25, -0.2) is 9.89 Å². The number of amides is 1. The summed E-state index contributed by atoms with van der Waals surface area (Å²) in [4.78, 5) is 37.1. The Morgan fingerprint density at radius 2 is 1.65 bits per heavy atom. The van der Waals surface area contributed by atoms with Gasteiger partial charge in [0.15, 0.2) is 0 Å². The number of carbonyl (C=O) groups is 2. The number of hydrogen-bond donors (Lipinski definition) is 2. The first-order valence-corrected chi connectivity index (χ1v) is 9.62. The molecule has 0 saturated carbocycles. The van der Waals surface area contributed by atoms with Crippen molar-refractivity contribution in [3.05, 3.63) is 100 Å². The summed E-state index contributed by atoms with van der Waals surface area (Å²) in [7, 11) is 1.24. The van der Waals surface area contributed by atoms with Crippen molar-refractivity contribution in [3.63, 3.8) is 0 Å². The molecule has 2 heterocycles. The number of carbonyl (C=O) groups excluding carboxylic acids is 2. The molecule has 8 nitrogen and oxygen atoms in total. The number of H-pyrrole nitrogens is 1. The molecule has 0 unspecified atom stereocenters. The topological polar surface area (TPSA) is 106 Å². The average Bonchev–Trinajstić information content (AvgIpc) is 3.18. The Hall–Kier alpha value is -4.20. The van der Waals surface area contributed by atoms with Gasteiger partial charge in [-0.05, 0) is 11.1 Å². The van der Waals surface area contributed by atoms with Crippen molar-refractivity contribution in [1.29, 1.82) is 0 Å². The van der Waals surface area contributed by atoms with Gasteiger partial charge in [0, 0.05) is 12.4 Å². The second-order valence-electron chi connectivity index (χ2n) is 6.97. The van der Waals surface area contributed by atoms with Crippen LogP contribution in [0.1, 0.15) is 27.5 Å². The number of hydrogen-bond acceptors (Lipinski definition) is 5. The second kappa shape index (κ2) is 8.66. The average molecular weight is 416 g/mol. The molecule has 1 amide bonds. The highest BCUT2D eigenvalue weighted by atomic mass is 16.5. The van der Waals surface area contributed by atoms with E-state index in [0.717, 1.165) is 11.1 Å². The van der Waals surface area contributed by atoms with Gasteiger partial charge in [0.25, 0.3) is 5.56 Å². The molecule has 156 valence electrons. The lowest BCUT2D eigenvalue weighted by Crippen LogP contribution is -2.32. The standard InChI is InChI=1S/C23H20N4O4/c1-31-23(30)18-13-27(12-17-21(18)25-26-22(17)29)14-19(28)24-20(15-8-4-2-5-9-15)16-10-6-3-7-11-16/h2-13,20H,14H2,1H3,(H,24,28)(H,26,29). The molecule has 0 radical (unpaired) electrons. The summed E-state index contributed by atoms with van der Waals surface area (Å²) in [5.74, 6) is -0.925. The summed E-state index contributed by atoms with van der Waals surface area (Å²) in [5.41, 5.74) is 1.96. The Kier molecular flexibility index (Phi) is 5.61. The molecule has 0 atom stereocenters. The number of aromatic amines is 1. The summed E-state index contributed by atoms with van der Waals surface area (Å²) < 4.78 is 6.27. The fraction of sp³-hybridized carbons (Fsp3) is 0.130.